The predicted octanol–water partition coefficient (Wildman–Crippen LogP) is 2.22. The van der Waals surface area contributed by atoms with E-state index in [-0.39, 0.29) is 0 Å². The van der Waals surface area contributed by atoms with Gasteiger partial charge in [-0.3, -0.25) is 0 Å². The van der Waals surface area contributed by atoms with E-state index in [2.05, 4.69) is 12.2 Å². The maximum atomic E-state index is 5.54. The second-order valence-electron chi connectivity index (χ2n) is 5.49. The molecule has 4 nitrogen and oxygen atoms in total. The second kappa shape index (κ2) is 11.6. The summed E-state index contributed by atoms with van der Waals surface area (Å²) in [6.07, 6.45) is 6.37. The lowest BCUT2D eigenvalue weighted by Gasteiger charge is -2.27. The normalized spacial score (nSPS) is 23.7. The molecule has 0 heterocycles. The zero-order valence-electron chi connectivity index (χ0n) is 12.7. The Morgan fingerprint density at radius 1 is 1.00 bits per heavy atom. The van der Waals surface area contributed by atoms with Gasteiger partial charge in [-0.05, 0) is 25.2 Å². The molecule has 19 heavy (non-hydrogen) atoms. The van der Waals surface area contributed by atoms with Crippen LogP contribution in [0.3, 0.4) is 0 Å². The maximum Gasteiger partial charge on any atom is 0.0701 e. The second-order valence-corrected chi connectivity index (χ2v) is 5.49. The highest BCUT2D eigenvalue weighted by atomic mass is 16.5. The van der Waals surface area contributed by atoms with Crippen LogP contribution in [0.4, 0.5) is 0 Å². The maximum absolute atomic E-state index is 5.54. The van der Waals surface area contributed by atoms with E-state index in [1.165, 1.54) is 25.7 Å². The smallest absolute Gasteiger partial charge is 0.0701 e. The Bertz CT molecular complexity index is 202. The average molecular weight is 273 g/mol. The zero-order valence-corrected chi connectivity index (χ0v) is 12.7. The van der Waals surface area contributed by atoms with E-state index in [0.29, 0.717) is 19.3 Å². The molecule has 0 bridgehead atoms. The highest BCUT2D eigenvalue weighted by Crippen LogP contribution is 2.23. The summed E-state index contributed by atoms with van der Waals surface area (Å²) >= 11 is 0. The quantitative estimate of drug-likeness (QED) is 0.586. The van der Waals surface area contributed by atoms with Crippen LogP contribution in [-0.2, 0) is 14.2 Å². The molecule has 0 aliphatic heterocycles. The number of hydrogen-bond acceptors (Lipinski definition) is 4. The van der Waals surface area contributed by atoms with Gasteiger partial charge in [-0.25, -0.2) is 0 Å². The lowest BCUT2D eigenvalue weighted by Crippen LogP contribution is -2.35. The van der Waals surface area contributed by atoms with Gasteiger partial charge >= 0.3 is 0 Å². The van der Waals surface area contributed by atoms with Gasteiger partial charge in [0.1, 0.15) is 0 Å². The molecular weight excluding hydrogens is 242 g/mol. The van der Waals surface area contributed by atoms with Crippen molar-refractivity contribution in [3.63, 3.8) is 0 Å². The lowest BCUT2D eigenvalue weighted by atomic mass is 9.87. The lowest BCUT2D eigenvalue weighted by molar-refractivity contribution is 0.0399. The minimum absolute atomic E-state index is 0.685. The molecule has 2 atom stereocenters. The zero-order chi connectivity index (χ0) is 13.8. The van der Waals surface area contributed by atoms with E-state index in [4.69, 9.17) is 14.2 Å². The van der Waals surface area contributed by atoms with Gasteiger partial charge in [0.15, 0.2) is 0 Å². The fraction of sp³-hybridized carbons (Fsp3) is 1.00. The standard InChI is InChI=1S/C15H31NO3/c1-14-5-3-6-15(13-14)16-7-10-19-12-11-18-9-4-8-17-2/h14-16H,3-13H2,1-2H3. The van der Waals surface area contributed by atoms with Gasteiger partial charge in [0.05, 0.1) is 19.8 Å². The minimum Gasteiger partial charge on any atom is -0.385 e. The molecule has 114 valence electrons. The number of rotatable bonds is 11. The Balaban J connectivity index is 1.78. The average Bonchev–Trinajstić information content (AvgIpc) is 2.41. The van der Waals surface area contributed by atoms with Crippen LogP contribution in [0.2, 0.25) is 0 Å². The number of nitrogens with one attached hydrogen (secondary N) is 1. The van der Waals surface area contributed by atoms with Crippen molar-refractivity contribution in [3.8, 4) is 0 Å². The first-order valence-corrected chi connectivity index (χ1v) is 7.70. The first-order chi connectivity index (χ1) is 9.33. The van der Waals surface area contributed by atoms with Crippen LogP contribution in [0.1, 0.15) is 39.0 Å². The van der Waals surface area contributed by atoms with Crippen LogP contribution in [-0.4, -0.2) is 52.7 Å². The van der Waals surface area contributed by atoms with Crippen molar-refractivity contribution in [1.82, 2.24) is 5.32 Å². The molecule has 4 heteroatoms. The number of methoxy groups -OCH3 is 1. The summed E-state index contributed by atoms with van der Waals surface area (Å²) in [6.45, 7) is 7.00. The Morgan fingerprint density at radius 2 is 1.79 bits per heavy atom. The van der Waals surface area contributed by atoms with Crippen LogP contribution >= 0.6 is 0 Å². The summed E-state index contributed by atoms with van der Waals surface area (Å²) in [5, 5.41) is 3.59. The van der Waals surface area contributed by atoms with Crippen molar-refractivity contribution in [2.75, 3.05) is 46.7 Å². The van der Waals surface area contributed by atoms with Crippen molar-refractivity contribution >= 4 is 0 Å². The van der Waals surface area contributed by atoms with Crippen LogP contribution in [0, 0.1) is 5.92 Å². The Labute approximate surface area is 118 Å². The summed E-state index contributed by atoms with van der Waals surface area (Å²) in [4.78, 5) is 0. The Kier molecular flexibility index (Phi) is 10.4. The van der Waals surface area contributed by atoms with Gasteiger partial charge in [-0.15, -0.1) is 0 Å². The monoisotopic (exact) mass is 273 g/mol. The summed E-state index contributed by atoms with van der Waals surface area (Å²) in [7, 11) is 1.71. The van der Waals surface area contributed by atoms with Gasteiger partial charge in [-0.2, -0.15) is 0 Å². The van der Waals surface area contributed by atoms with Gasteiger partial charge in [0.25, 0.3) is 0 Å². The fourth-order valence-corrected chi connectivity index (χ4v) is 2.58. The van der Waals surface area contributed by atoms with Crippen LogP contribution in [0.5, 0.6) is 0 Å². The molecule has 1 saturated carbocycles. The largest absolute Gasteiger partial charge is 0.385 e. The molecule has 0 aromatic heterocycles. The molecule has 0 aromatic rings. The van der Waals surface area contributed by atoms with Gasteiger partial charge in [0, 0.05) is 32.9 Å². The molecule has 0 radical (unpaired) electrons. The summed E-state index contributed by atoms with van der Waals surface area (Å²) in [5.74, 6) is 0.882. The highest BCUT2D eigenvalue weighted by Gasteiger charge is 2.17. The van der Waals surface area contributed by atoms with Crippen LogP contribution in [0.25, 0.3) is 0 Å². The molecule has 0 saturated heterocycles. The predicted molar refractivity (Wildman–Crippen MR) is 77.6 cm³/mol. The molecule has 1 aliphatic rings. The van der Waals surface area contributed by atoms with E-state index in [1.54, 1.807) is 7.11 Å². The molecular formula is C15H31NO3. The Hall–Kier alpha value is -0.160. The summed E-state index contributed by atoms with van der Waals surface area (Å²) in [6, 6.07) is 0.706. The Morgan fingerprint density at radius 3 is 2.53 bits per heavy atom. The molecule has 1 rings (SSSR count). The summed E-state index contributed by atoms with van der Waals surface area (Å²) < 4.78 is 15.9. The highest BCUT2D eigenvalue weighted by molar-refractivity contribution is 4.75. The topological polar surface area (TPSA) is 39.7 Å². The minimum atomic E-state index is 0.685. The first kappa shape index (κ1) is 16.9. The SMILES string of the molecule is COCCCOCCOCCNC1CCCC(C)C1. The van der Waals surface area contributed by atoms with E-state index in [9.17, 15) is 0 Å². The number of hydrogen-bond donors (Lipinski definition) is 1. The van der Waals surface area contributed by atoms with Gasteiger partial charge in [-0.1, -0.05) is 19.8 Å². The third-order valence-corrected chi connectivity index (χ3v) is 3.62. The van der Waals surface area contributed by atoms with Crippen molar-refractivity contribution in [1.29, 1.82) is 0 Å². The van der Waals surface area contributed by atoms with Gasteiger partial charge in [0.2, 0.25) is 0 Å². The fourth-order valence-electron chi connectivity index (χ4n) is 2.58. The van der Waals surface area contributed by atoms with Crippen molar-refractivity contribution in [2.45, 2.75) is 45.1 Å². The molecule has 1 aliphatic carbocycles. The van der Waals surface area contributed by atoms with E-state index >= 15 is 0 Å². The van der Waals surface area contributed by atoms with Gasteiger partial charge < -0.3 is 19.5 Å². The van der Waals surface area contributed by atoms with E-state index in [1.807, 2.05) is 0 Å². The van der Waals surface area contributed by atoms with E-state index in [0.717, 1.165) is 38.7 Å². The third-order valence-electron chi connectivity index (χ3n) is 3.62. The molecule has 0 amide bonds. The molecule has 0 aromatic carbocycles. The van der Waals surface area contributed by atoms with E-state index < -0.39 is 0 Å². The molecule has 0 spiro atoms. The van der Waals surface area contributed by atoms with Crippen molar-refractivity contribution in [3.05, 3.63) is 0 Å². The van der Waals surface area contributed by atoms with Crippen LogP contribution < -0.4 is 5.32 Å². The molecule has 1 fully saturated rings. The number of ether oxygens (including phenoxy) is 3. The van der Waals surface area contributed by atoms with Crippen LogP contribution in [0.15, 0.2) is 0 Å². The van der Waals surface area contributed by atoms with Crippen molar-refractivity contribution in [2.24, 2.45) is 5.92 Å². The third kappa shape index (κ3) is 9.38. The van der Waals surface area contributed by atoms with Crippen molar-refractivity contribution < 1.29 is 14.2 Å². The first-order valence-electron chi connectivity index (χ1n) is 7.70. The summed E-state index contributed by atoms with van der Waals surface area (Å²) in [5.41, 5.74) is 0. The molecule has 1 N–H and O–H groups in total. The molecule has 2 unspecified atom stereocenters.